The molecule has 0 aliphatic carbocycles. The lowest BCUT2D eigenvalue weighted by atomic mass is 10.1. The fourth-order valence-electron chi connectivity index (χ4n) is 2.45. The van der Waals surface area contributed by atoms with E-state index in [1.54, 1.807) is 0 Å². The number of unbranched alkanes of at least 4 members (excludes halogenated alkanes) is 2. The second kappa shape index (κ2) is 13.6. The zero-order chi connectivity index (χ0) is 19.2. The Bertz CT molecular complexity index is 426. The van der Waals surface area contributed by atoms with Crippen LogP contribution in [0.3, 0.4) is 0 Å². The largest absolute Gasteiger partial charge is 0.273 e. The molecule has 0 aliphatic heterocycles. The highest BCUT2D eigenvalue weighted by Crippen LogP contribution is 2.04. The molecule has 0 fully saturated rings. The molecule has 0 unspecified atom stereocenters. The summed E-state index contributed by atoms with van der Waals surface area (Å²) in [6.45, 7) is 12.3. The molecule has 0 aliphatic rings. The fourth-order valence-corrected chi connectivity index (χ4v) is 2.45. The number of nitrogens with zero attached hydrogens (tertiary/aromatic N) is 2. The summed E-state index contributed by atoms with van der Waals surface area (Å²) in [5.41, 5.74) is 7.05. The number of hydrogen-bond acceptors (Lipinski definition) is 4. The molecule has 0 atom stereocenters. The van der Waals surface area contributed by atoms with E-state index >= 15 is 0 Å². The summed E-state index contributed by atoms with van der Waals surface area (Å²) in [5, 5.41) is 8.18. The number of carbonyl (C=O) groups excluding carboxylic acids is 2. The molecule has 0 heterocycles. The lowest BCUT2D eigenvalue weighted by molar-refractivity contribution is -0.121. The molecule has 0 bridgehead atoms. The molecule has 6 nitrogen and oxygen atoms in total. The third-order valence-electron chi connectivity index (χ3n) is 3.46. The van der Waals surface area contributed by atoms with Crippen molar-refractivity contribution in [3.63, 3.8) is 0 Å². The van der Waals surface area contributed by atoms with E-state index in [4.69, 9.17) is 0 Å². The van der Waals surface area contributed by atoms with Gasteiger partial charge in [0.15, 0.2) is 0 Å². The maximum Gasteiger partial charge on any atom is 0.240 e. The first-order valence-electron chi connectivity index (χ1n) is 9.34. The fraction of sp³-hybridized carbons (Fsp3) is 0.789. The van der Waals surface area contributed by atoms with Crippen LogP contribution < -0.4 is 10.9 Å². The minimum atomic E-state index is -0.0681. The summed E-state index contributed by atoms with van der Waals surface area (Å²) in [5.74, 6) is 0.929. The highest BCUT2D eigenvalue weighted by Gasteiger charge is 2.04. The summed E-state index contributed by atoms with van der Waals surface area (Å²) < 4.78 is 0. The second-order valence-corrected chi connectivity index (χ2v) is 7.52. The summed E-state index contributed by atoms with van der Waals surface area (Å²) in [7, 11) is 0. The molecule has 0 saturated heterocycles. The zero-order valence-electron chi connectivity index (χ0n) is 16.8. The number of carbonyl (C=O) groups is 2. The zero-order valence-corrected chi connectivity index (χ0v) is 16.8. The highest BCUT2D eigenvalue weighted by molar-refractivity contribution is 5.85. The van der Waals surface area contributed by atoms with Crippen LogP contribution in [0, 0.1) is 11.8 Å². The average molecular weight is 353 g/mol. The van der Waals surface area contributed by atoms with Crippen LogP contribution in [-0.2, 0) is 9.59 Å². The molecule has 0 radical (unpaired) electrons. The third-order valence-corrected chi connectivity index (χ3v) is 3.46. The first kappa shape index (κ1) is 23.3. The first-order valence-corrected chi connectivity index (χ1v) is 9.34. The molecule has 0 rings (SSSR count). The Labute approximate surface area is 152 Å². The summed E-state index contributed by atoms with van der Waals surface area (Å²) in [4.78, 5) is 23.4. The Morgan fingerprint density at radius 2 is 1.08 bits per heavy atom. The van der Waals surface area contributed by atoms with Gasteiger partial charge in [0.25, 0.3) is 0 Å². The minimum absolute atomic E-state index is 0.0681. The van der Waals surface area contributed by atoms with Crippen LogP contribution in [0.15, 0.2) is 10.2 Å². The van der Waals surface area contributed by atoms with E-state index in [0.717, 1.165) is 43.5 Å². The summed E-state index contributed by atoms with van der Waals surface area (Å²) >= 11 is 0. The van der Waals surface area contributed by atoms with Gasteiger partial charge in [-0.25, -0.2) is 10.9 Å². The molecular weight excluding hydrogens is 316 g/mol. The Kier molecular flexibility index (Phi) is 12.6. The van der Waals surface area contributed by atoms with Gasteiger partial charge in [0.05, 0.1) is 0 Å². The van der Waals surface area contributed by atoms with E-state index in [9.17, 15) is 9.59 Å². The van der Waals surface area contributed by atoms with Gasteiger partial charge in [-0.15, -0.1) is 0 Å². The van der Waals surface area contributed by atoms with E-state index in [0.29, 0.717) is 24.7 Å². The predicted molar refractivity (Wildman–Crippen MR) is 104 cm³/mol. The maximum atomic E-state index is 11.7. The molecule has 0 spiro atoms. The Balaban J connectivity index is 3.78. The molecular formula is C19H36N4O2. The summed E-state index contributed by atoms with van der Waals surface area (Å²) in [6, 6.07) is 0. The molecule has 2 amide bonds. The van der Waals surface area contributed by atoms with E-state index in [1.807, 2.05) is 13.8 Å². The van der Waals surface area contributed by atoms with Crippen LogP contribution in [0.5, 0.6) is 0 Å². The maximum absolute atomic E-state index is 11.7. The smallest absolute Gasteiger partial charge is 0.240 e. The van der Waals surface area contributed by atoms with Crippen molar-refractivity contribution >= 4 is 23.2 Å². The minimum Gasteiger partial charge on any atom is -0.273 e. The second-order valence-electron chi connectivity index (χ2n) is 7.52. The van der Waals surface area contributed by atoms with Crippen molar-refractivity contribution in [1.82, 2.24) is 10.9 Å². The van der Waals surface area contributed by atoms with Crippen LogP contribution in [0.1, 0.15) is 86.5 Å². The first-order chi connectivity index (χ1) is 11.7. The number of hydrazone groups is 2. The van der Waals surface area contributed by atoms with Crippen molar-refractivity contribution in [1.29, 1.82) is 0 Å². The third kappa shape index (κ3) is 15.5. The van der Waals surface area contributed by atoms with E-state index in [2.05, 4.69) is 48.7 Å². The molecule has 144 valence electrons. The number of rotatable bonds is 12. The highest BCUT2D eigenvalue weighted by atomic mass is 16.2. The number of amides is 2. The van der Waals surface area contributed by atoms with Gasteiger partial charge in [-0.05, 0) is 51.4 Å². The monoisotopic (exact) mass is 352 g/mol. The van der Waals surface area contributed by atoms with Crippen molar-refractivity contribution < 1.29 is 9.59 Å². The lowest BCUT2D eigenvalue weighted by Crippen LogP contribution is -2.20. The molecule has 0 aromatic carbocycles. The van der Waals surface area contributed by atoms with E-state index in [1.165, 1.54) is 0 Å². The number of nitrogens with one attached hydrogen (secondary N) is 2. The van der Waals surface area contributed by atoms with Crippen LogP contribution in [0.2, 0.25) is 0 Å². The van der Waals surface area contributed by atoms with Gasteiger partial charge in [-0.1, -0.05) is 34.1 Å². The van der Waals surface area contributed by atoms with Gasteiger partial charge < -0.3 is 0 Å². The van der Waals surface area contributed by atoms with Gasteiger partial charge in [-0.3, -0.25) is 9.59 Å². The van der Waals surface area contributed by atoms with Crippen LogP contribution in [0.4, 0.5) is 0 Å². The van der Waals surface area contributed by atoms with E-state index < -0.39 is 0 Å². The SMILES string of the molecule is CC(CC(C)C)=NNC(=O)CCCCCC(=O)NN=C(C)CC(C)C. The Morgan fingerprint density at radius 3 is 1.40 bits per heavy atom. The van der Waals surface area contributed by atoms with Crippen LogP contribution in [-0.4, -0.2) is 23.2 Å². The van der Waals surface area contributed by atoms with Crippen molar-refractivity contribution in [3.8, 4) is 0 Å². The van der Waals surface area contributed by atoms with Crippen molar-refractivity contribution in [2.45, 2.75) is 86.5 Å². The van der Waals surface area contributed by atoms with Crippen LogP contribution in [0.25, 0.3) is 0 Å². The van der Waals surface area contributed by atoms with Gasteiger partial charge in [-0.2, -0.15) is 10.2 Å². The van der Waals surface area contributed by atoms with Crippen LogP contribution >= 0.6 is 0 Å². The molecule has 2 N–H and O–H groups in total. The topological polar surface area (TPSA) is 82.9 Å². The molecule has 0 saturated carbocycles. The van der Waals surface area contributed by atoms with E-state index in [-0.39, 0.29) is 11.8 Å². The normalized spacial score (nSPS) is 12.6. The number of hydrogen-bond donors (Lipinski definition) is 2. The molecule has 0 aromatic heterocycles. The quantitative estimate of drug-likeness (QED) is 0.316. The lowest BCUT2D eigenvalue weighted by Gasteiger charge is -2.05. The average Bonchev–Trinajstić information content (AvgIpc) is 2.49. The molecule has 6 heteroatoms. The van der Waals surface area contributed by atoms with Gasteiger partial charge in [0.2, 0.25) is 11.8 Å². The standard InChI is InChI=1S/C19H36N4O2/c1-14(2)12-16(5)20-22-18(24)10-8-7-9-11-19(25)23-21-17(6)13-15(3)4/h14-15H,7-13H2,1-6H3,(H,22,24)(H,23,25). The van der Waals surface area contributed by atoms with Crippen molar-refractivity contribution in [2.24, 2.45) is 22.0 Å². The van der Waals surface area contributed by atoms with Crippen molar-refractivity contribution in [2.75, 3.05) is 0 Å². The summed E-state index contributed by atoms with van der Waals surface area (Å²) in [6.07, 6.45) is 4.99. The van der Waals surface area contributed by atoms with Gasteiger partial charge in [0.1, 0.15) is 0 Å². The van der Waals surface area contributed by atoms with Crippen molar-refractivity contribution in [3.05, 3.63) is 0 Å². The molecule has 25 heavy (non-hydrogen) atoms. The Hall–Kier alpha value is -1.72. The Morgan fingerprint density at radius 1 is 0.720 bits per heavy atom. The molecule has 0 aromatic rings. The van der Waals surface area contributed by atoms with Gasteiger partial charge in [0, 0.05) is 24.3 Å². The van der Waals surface area contributed by atoms with Gasteiger partial charge >= 0.3 is 0 Å². The predicted octanol–water partition coefficient (Wildman–Crippen LogP) is 4.01.